The first-order valence-electron chi connectivity index (χ1n) is 27.3. The summed E-state index contributed by atoms with van der Waals surface area (Å²) in [5.74, 6) is 2.17. The van der Waals surface area contributed by atoms with Crippen molar-refractivity contribution in [3.63, 3.8) is 0 Å². The second kappa shape index (κ2) is 24.2. The molecule has 7 aromatic rings. The molecule has 0 amide bonds. The van der Waals surface area contributed by atoms with Crippen molar-refractivity contribution in [1.82, 2.24) is 30.0 Å². The van der Waals surface area contributed by atoms with Gasteiger partial charge in [0.2, 0.25) is 0 Å². The number of nitrogens with one attached hydrogen (secondary N) is 2. The molecule has 4 aromatic carbocycles. The molecule has 1 saturated heterocycles. The van der Waals surface area contributed by atoms with Crippen LogP contribution < -0.4 is 20.4 Å². The normalized spacial score (nSPS) is 16.0. The Morgan fingerprint density at radius 1 is 0.838 bits per heavy atom. The zero-order valence-electron chi connectivity index (χ0n) is 44.9. The summed E-state index contributed by atoms with van der Waals surface area (Å²) in [5.41, 5.74) is 16.1. The van der Waals surface area contributed by atoms with E-state index in [0.29, 0.717) is 6.04 Å². The lowest BCUT2D eigenvalue weighted by Crippen LogP contribution is -2.49. The molecule has 2 aliphatic heterocycles. The molecular formula is C64H79N9S. The number of nitrogens with zero attached hydrogens (tertiary/aromatic N) is 7. The fourth-order valence-corrected chi connectivity index (χ4v) is 12.6. The van der Waals surface area contributed by atoms with Gasteiger partial charge in [0.25, 0.3) is 0 Å². The van der Waals surface area contributed by atoms with Crippen LogP contribution in [-0.4, -0.2) is 70.5 Å². The zero-order valence-corrected chi connectivity index (χ0v) is 45.8. The summed E-state index contributed by atoms with van der Waals surface area (Å²) in [6.07, 6.45) is 18.3. The Kier molecular flexibility index (Phi) is 17.2. The van der Waals surface area contributed by atoms with Gasteiger partial charge < -0.3 is 20.4 Å². The SMILES string of the molecule is C=CCCC(C(=C)NC)c1nn(C)c2cc(N3CCN([C@@H](C)CCCC4CCCCC4)CC3)ccc12.C=Cc1nc(N2CCc3cccc(C(=C)Nc4nc5ccccc5s4)c3C2)ccc1-c1cccc(C)c1C. The Balaban J connectivity index is 0.000000182. The topological polar surface area (TPSA) is 77.4 Å². The van der Waals surface area contributed by atoms with Crippen LogP contribution in [0, 0.1) is 19.8 Å². The summed E-state index contributed by atoms with van der Waals surface area (Å²) >= 11 is 1.65. The van der Waals surface area contributed by atoms with Gasteiger partial charge in [-0.05, 0) is 129 Å². The van der Waals surface area contributed by atoms with Crippen molar-refractivity contribution < 1.29 is 0 Å². The van der Waals surface area contributed by atoms with E-state index < -0.39 is 0 Å². The number of likely N-dealkylation sites (N-methyl/N-ethyl adjacent to an activating group) is 1. The number of piperazine rings is 1. The minimum Gasteiger partial charge on any atom is -0.391 e. The maximum atomic E-state index is 5.06. The number of hydrogen-bond acceptors (Lipinski definition) is 9. The van der Waals surface area contributed by atoms with Crippen LogP contribution in [0.3, 0.4) is 0 Å². The number of pyridine rings is 1. The highest BCUT2D eigenvalue weighted by Gasteiger charge is 2.26. The largest absolute Gasteiger partial charge is 0.391 e. The lowest BCUT2D eigenvalue weighted by Gasteiger charge is -2.39. The van der Waals surface area contributed by atoms with Crippen molar-refractivity contribution in [2.45, 2.75) is 110 Å². The Labute approximate surface area is 445 Å². The molecule has 1 aliphatic carbocycles. The maximum absolute atomic E-state index is 5.06. The molecule has 9 nitrogen and oxygen atoms in total. The Morgan fingerprint density at radius 3 is 2.41 bits per heavy atom. The van der Waals surface area contributed by atoms with Crippen LogP contribution >= 0.6 is 11.3 Å². The first-order valence-corrected chi connectivity index (χ1v) is 28.2. The lowest BCUT2D eigenvalue weighted by molar-refractivity contribution is 0.182. The van der Waals surface area contributed by atoms with Gasteiger partial charge >= 0.3 is 0 Å². The number of fused-ring (bicyclic) bond motifs is 3. The number of rotatable bonds is 18. The third-order valence-corrected chi connectivity index (χ3v) is 17.3. The predicted molar refractivity (Wildman–Crippen MR) is 317 cm³/mol. The van der Waals surface area contributed by atoms with Crippen molar-refractivity contribution in [3.8, 4) is 11.1 Å². The summed E-state index contributed by atoms with van der Waals surface area (Å²) in [5, 5.41) is 13.8. The minimum absolute atomic E-state index is 0.186. The molecular weight excluding hydrogens is 927 g/mol. The summed E-state index contributed by atoms with van der Waals surface area (Å²) < 4.78 is 3.21. The van der Waals surface area contributed by atoms with Crippen LogP contribution in [0.4, 0.5) is 16.6 Å². The van der Waals surface area contributed by atoms with Crippen LogP contribution in [0.5, 0.6) is 0 Å². The van der Waals surface area contributed by atoms with E-state index in [9.17, 15) is 0 Å². The van der Waals surface area contributed by atoms with E-state index in [1.807, 2.05) is 42.1 Å². The van der Waals surface area contributed by atoms with E-state index in [0.717, 1.165) is 120 Å². The first-order chi connectivity index (χ1) is 36.0. The van der Waals surface area contributed by atoms with E-state index in [1.165, 1.54) is 95.8 Å². The standard InChI is InChI=1S/C33H30N4S.C31H49N5/c1-5-29-27(25-12-8-10-21(2)22(25)3)16-17-32(35-29)37-19-18-24-11-9-13-26(28(24)20-37)23(4)34-33-36-30-14-6-7-15-31(30)38-33;1-6-7-16-28(25(3)32-4)31-29-18-17-27(23-30(29)34(5)33-31)36-21-19-35(20-22-36)24(2)12-11-15-26-13-9-8-10-14-26/h5-17H,1,4,18-20H2,2-3H3,(H,34,36);6,17-18,23-24,26,28,32H,1,3,7-16,19-22H2,2,4-5H3/t;24-,28?/m.0/s1. The highest BCUT2D eigenvalue weighted by Crippen LogP contribution is 2.37. The summed E-state index contributed by atoms with van der Waals surface area (Å²) in [7, 11) is 4.01. The van der Waals surface area contributed by atoms with E-state index in [2.05, 4.69) is 152 Å². The van der Waals surface area contributed by atoms with Gasteiger partial charge in [-0.3, -0.25) is 9.58 Å². The summed E-state index contributed by atoms with van der Waals surface area (Å²) in [6.45, 7) is 29.6. The average Bonchev–Trinajstić information content (AvgIpc) is 4.00. The second-order valence-corrected chi connectivity index (χ2v) is 22.0. The predicted octanol–water partition coefficient (Wildman–Crippen LogP) is 14.9. The molecule has 10 heteroatoms. The van der Waals surface area contributed by atoms with Crippen molar-refractivity contribution in [2.24, 2.45) is 13.0 Å². The molecule has 2 N–H and O–H groups in total. The number of benzene rings is 4. The van der Waals surface area contributed by atoms with Crippen LogP contribution in [0.1, 0.15) is 116 Å². The molecule has 2 atom stereocenters. The number of hydrogen-bond donors (Lipinski definition) is 2. The summed E-state index contributed by atoms with van der Waals surface area (Å²) in [6, 6.07) is 33.1. The van der Waals surface area contributed by atoms with Crippen molar-refractivity contribution in [3.05, 3.63) is 168 Å². The Morgan fingerprint density at radius 2 is 1.64 bits per heavy atom. The molecule has 74 heavy (non-hydrogen) atoms. The van der Waals surface area contributed by atoms with Crippen molar-refractivity contribution >= 4 is 60.9 Å². The smallest absolute Gasteiger partial charge is 0.188 e. The number of thiazole rings is 1. The molecule has 3 aromatic heterocycles. The molecule has 0 spiro atoms. The second-order valence-electron chi connectivity index (χ2n) is 21.0. The Hall–Kier alpha value is -6.49. The van der Waals surface area contributed by atoms with Gasteiger partial charge in [0.1, 0.15) is 5.82 Å². The molecule has 5 heterocycles. The maximum Gasteiger partial charge on any atom is 0.188 e. The lowest BCUT2D eigenvalue weighted by atomic mass is 9.85. The highest BCUT2D eigenvalue weighted by molar-refractivity contribution is 7.22. The van der Waals surface area contributed by atoms with E-state index in [-0.39, 0.29) is 5.92 Å². The van der Waals surface area contributed by atoms with Crippen LogP contribution in [-0.2, 0) is 20.0 Å². The van der Waals surface area contributed by atoms with Crippen molar-refractivity contribution in [1.29, 1.82) is 0 Å². The van der Waals surface area contributed by atoms with Gasteiger partial charge in [0.15, 0.2) is 5.13 Å². The third kappa shape index (κ3) is 11.9. The Bertz CT molecular complexity index is 3060. The van der Waals surface area contributed by atoms with Crippen LogP contribution in [0.2, 0.25) is 0 Å². The van der Waals surface area contributed by atoms with E-state index >= 15 is 0 Å². The first kappa shape index (κ1) is 52.4. The fraction of sp³-hybridized carbons (Fsp3) is 0.391. The third-order valence-electron chi connectivity index (χ3n) is 16.3. The van der Waals surface area contributed by atoms with Crippen LogP contribution in [0.15, 0.2) is 129 Å². The summed E-state index contributed by atoms with van der Waals surface area (Å²) in [4.78, 5) is 17.4. The number of allylic oxidation sites excluding steroid dienone is 2. The molecule has 1 unspecified atom stereocenters. The number of aryl methyl sites for hydroxylation is 2. The van der Waals surface area contributed by atoms with Gasteiger partial charge in [0.05, 0.1) is 27.1 Å². The molecule has 2 fully saturated rings. The van der Waals surface area contributed by atoms with Gasteiger partial charge in [-0.15, -0.1) is 6.58 Å². The number of aromatic nitrogens is 4. The number of para-hydroxylation sites is 1. The molecule has 3 aliphatic rings. The monoisotopic (exact) mass is 1010 g/mol. The molecule has 0 bridgehead atoms. The van der Waals surface area contributed by atoms with Gasteiger partial charge in [-0.1, -0.05) is 131 Å². The van der Waals surface area contributed by atoms with Crippen LogP contribution in [0.25, 0.3) is 44.0 Å². The zero-order chi connectivity index (χ0) is 51.7. The van der Waals surface area contributed by atoms with Gasteiger partial charge in [-0.2, -0.15) is 5.10 Å². The minimum atomic E-state index is 0.186. The fourth-order valence-electron chi connectivity index (χ4n) is 11.7. The van der Waals surface area contributed by atoms with Crippen molar-refractivity contribution in [2.75, 3.05) is 54.9 Å². The number of anilines is 3. The van der Waals surface area contributed by atoms with E-state index in [1.54, 1.807) is 11.3 Å². The average molecular weight is 1010 g/mol. The van der Waals surface area contributed by atoms with E-state index in [4.69, 9.17) is 15.1 Å². The molecule has 10 rings (SSSR count). The molecule has 1 saturated carbocycles. The molecule has 386 valence electrons. The van der Waals surface area contributed by atoms with Gasteiger partial charge in [-0.25, -0.2) is 9.97 Å². The highest BCUT2D eigenvalue weighted by atomic mass is 32.1. The quantitative estimate of drug-likeness (QED) is 0.0824. The van der Waals surface area contributed by atoms with Gasteiger partial charge in [0, 0.05) is 98.9 Å². The molecule has 0 radical (unpaired) electrons.